The van der Waals surface area contributed by atoms with Crippen LogP contribution in [0.3, 0.4) is 0 Å². The number of carbonyl (C=O) groups is 1. The molecule has 2 heterocycles. The van der Waals surface area contributed by atoms with Crippen molar-refractivity contribution < 1.29 is 4.79 Å². The predicted molar refractivity (Wildman–Crippen MR) is 148 cm³/mol. The number of nitrogens with zero attached hydrogens (tertiary/aromatic N) is 1. The van der Waals surface area contributed by atoms with Crippen molar-refractivity contribution in [1.82, 2.24) is 10.2 Å². The van der Waals surface area contributed by atoms with Crippen LogP contribution in [-0.4, -0.2) is 35.7 Å². The lowest BCUT2D eigenvalue weighted by Gasteiger charge is -2.24. The highest BCUT2D eigenvalue weighted by atomic mass is 79.9. The number of ketones is 1. The first kappa shape index (κ1) is 30.0. The largest absolute Gasteiger partial charge is 0.357 e. The molecular weight excluding hydrogens is 480 g/mol. The number of carbonyl (C=O) groups excluding carboxylic acids is 1. The average Bonchev–Trinajstić information content (AvgIpc) is 2.97. The van der Waals surface area contributed by atoms with Gasteiger partial charge in [-0.1, -0.05) is 90.9 Å². The molecule has 32 heavy (non-hydrogen) atoms. The normalized spacial score (nSPS) is 19.2. The van der Waals surface area contributed by atoms with Gasteiger partial charge >= 0.3 is 0 Å². The second-order valence-corrected chi connectivity index (χ2v) is 10.7. The van der Waals surface area contributed by atoms with Crippen LogP contribution in [0.25, 0.3) is 0 Å². The van der Waals surface area contributed by atoms with Crippen LogP contribution in [0, 0.1) is 0 Å². The van der Waals surface area contributed by atoms with Crippen molar-refractivity contribution in [3.05, 3.63) is 10.6 Å². The van der Waals surface area contributed by atoms with Gasteiger partial charge in [0.2, 0.25) is 0 Å². The number of hydrogen-bond acceptors (Lipinski definition) is 4. The van der Waals surface area contributed by atoms with Gasteiger partial charge in [0.25, 0.3) is 0 Å². The van der Waals surface area contributed by atoms with Gasteiger partial charge in [0, 0.05) is 10.6 Å². The molecule has 1 saturated heterocycles. The number of hydrogen-bond donors (Lipinski definition) is 1. The predicted octanol–water partition coefficient (Wildman–Crippen LogP) is 8.38. The third kappa shape index (κ3) is 11.9. The fourth-order valence-electron chi connectivity index (χ4n) is 4.89. The molecule has 3 nitrogen and oxygen atoms in total. The van der Waals surface area contributed by atoms with E-state index in [1.54, 1.807) is 4.91 Å². The molecule has 2 rings (SSSR count). The maximum Gasteiger partial charge on any atom is 0.168 e. The Morgan fingerprint density at radius 2 is 1.50 bits per heavy atom. The summed E-state index contributed by atoms with van der Waals surface area (Å²) in [6, 6.07) is 0.0883. The standard InChI is InChI=1S/C27H50N2OS.BrH/c1-3-5-7-9-11-15-19-25-27(20-16-12-10-8-6-4-2)31-23-29(25)22-26(30)24-18-14-13-17-21-28-24;/h24,28H,3-23H2,1-2H3;1H. The molecule has 0 aromatic carbocycles. The molecule has 2 aliphatic rings. The Morgan fingerprint density at radius 3 is 2.19 bits per heavy atom. The second kappa shape index (κ2) is 19.3. The molecule has 1 unspecified atom stereocenters. The van der Waals surface area contributed by atoms with Crippen LogP contribution in [0.2, 0.25) is 0 Å². The summed E-state index contributed by atoms with van der Waals surface area (Å²) in [6.45, 7) is 6.20. The molecule has 0 radical (unpaired) electrons. The topological polar surface area (TPSA) is 32.3 Å². The molecule has 0 amide bonds. The van der Waals surface area contributed by atoms with E-state index in [0.29, 0.717) is 12.3 Å². The lowest BCUT2D eigenvalue weighted by molar-refractivity contribution is -0.121. The third-order valence-electron chi connectivity index (χ3n) is 6.92. The fourth-order valence-corrected chi connectivity index (χ4v) is 6.13. The Morgan fingerprint density at radius 1 is 0.875 bits per heavy atom. The van der Waals surface area contributed by atoms with Crippen molar-refractivity contribution in [3.63, 3.8) is 0 Å². The third-order valence-corrected chi connectivity index (χ3v) is 8.15. The summed E-state index contributed by atoms with van der Waals surface area (Å²) in [5.74, 6) is 1.41. The molecule has 0 saturated carbocycles. The van der Waals surface area contributed by atoms with Crippen molar-refractivity contribution in [3.8, 4) is 0 Å². The smallest absolute Gasteiger partial charge is 0.168 e. The summed E-state index contributed by atoms with van der Waals surface area (Å²) in [6.07, 6.45) is 23.3. The van der Waals surface area contributed by atoms with Crippen LogP contribution in [0.4, 0.5) is 0 Å². The summed E-state index contributed by atoms with van der Waals surface area (Å²) < 4.78 is 0. The van der Waals surface area contributed by atoms with Crippen molar-refractivity contribution in [2.75, 3.05) is 19.0 Å². The van der Waals surface area contributed by atoms with E-state index >= 15 is 0 Å². The van der Waals surface area contributed by atoms with Crippen LogP contribution >= 0.6 is 28.7 Å². The zero-order valence-electron chi connectivity index (χ0n) is 21.1. The fraction of sp³-hybridized carbons (Fsp3) is 0.889. The van der Waals surface area contributed by atoms with Gasteiger partial charge in [0.1, 0.15) is 0 Å². The van der Waals surface area contributed by atoms with Crippen molar-refractivity contribution in [1.29, 1.82) is 0 Å². The molecule has 1 atom stereocenters. The van der Waals surface area contributed by atoms with Crippen LogP contribution in [0.15, 0.2) is 10.6 Å². The maximum absolute atomic E-state index is 13.0. The van der Waals surface area contributed by atoms with Gasteiger partial charge in [-0.25, -0.2) is 0 Å². The van der Waals surface area contributed by atoms with Crippen molar-refractivity contribution >= 4 is 34.5 Å². The van der Waals surface area contributed by atoms with E-state index < -0.39 is 0 Å². The number of allylic oxidation sites excluding steroid dienone is 2. The molecule has 0 aliphatic carbocycles. The molecule has 2 aliphatic heterocycles. The van der Waals surface area contributed by atoms with Gasteiger partial charge in [-0.05, 0) is 45.1 Å². The molecule has 5 heteroatoms. The van der Waals surface area contributed by atoms with Gasteiger partial charge in [-0.15, -0.1) is 28.7 Å². The zero-order chi connectivity index (χ0) is 22.2. The second-order valence-electron chi connectivity index (χ2n) is 9.70. The highest BCUT2D eigenvalue weighted by Crippen LogP contribution is 2.38. The number of nitrogens with one attached hydrogen (secondary N) is 1. The van der Waals surface area contributed by atoms with Crippen LogP contribution in [0.5, 0.6) is 0 Å². The van der Waals surface area contributed by atoms with E-state index in [1.165, 1.54) is 115 Å². The Balaban J connectivity index is 0.00000512. The number of thioether (sulfide) groups is 1. The van der Waals surface area contributed by atoms with Crippen molar-refractivity contribution in [2.24, 2.45) is 0 Å². The van der Waals surface area contributed by atoms with E-state index in [-0.39, 0.29) is 23.0 Å². The molecule has 188 valence electrons. The molecule has 0 bridgehead atoms. The Kier molecular flexibility index (Phi) is 18.1. The number of unbranched alkanes of at least 4 members (excludes halogenated alkanes) is 10. The SMILES string of the molecule is Br.CCCCCCCCC1=C(CCCCCCCC)N(CC(=O)C2CCCCCN2)CS1. The zero-order valence-corrected chi connectivity index (χ0v) is 23.6. The highest BCUT2D eigenvalue weighted by molar-refractivity contribution is 8.93. The van der Waals surface area contributed by atoms with E-state index in [2.05, 4.69) is 24.1 Å². The van der Waals surface area contributed by atoms with Gasteiger partial charge in [-0.3, -0.25) is 4.79 Å². The van der Waals surface area contributed by atoms with Crippen molar-refractivity contribution in [2.45, 2.75) is 135 Å². The monoisotopic (exact) mass is 530 g/mol. The summed E-state index contributed by atoms with van der Waals surface area (Å²) in [5.41, 5.74) is 1.52. The van der Waals surface area contributed by atoms with Gasteiger partial charge < -0.3 is 10.2 Å². The number of rotatable bonds is 17. The maximum atomic E-state index is 13.0. The van der Waals surface area contributed by atoms with Crippen LogP contribution < -0.4 is 5.32 Å². The lowest BCUT2D eigenvalue weighted by Crippen LogP contribution is -2.41. The Bertz CT molecular complexity index is 518. The number of halogens is 1. The van der Waals surface area contributed by atoms with Gasteiger partial charge in [0.05, 0.1) is 18.5 Å². The quantitative estimate of drug-likeness (QED) is 0.191. The first-order valence-electron chi connectivity index (χ1n) is 13.6. The van der Waals surface area contributed by atoms with Gasteiger partial charge in [0.15, 0.2) is 5.78 Å². The minimum atomic E-state index is 0. The minimum absolute atomic E-state index is 0. The summed E-state index contributed by atoms with van der Waals surface area (Å²) in [5, 5.41) is 3.51. The van der Waals surface area contributed by atoms with E-state index in [0.717, 1.165) is 18.8 Å². The lowest BCUT2D eigenvalue weighted by atomic mass is 10.0. The molecule has 1 N–H and O–H groups in total. The first-order chi connectivity index (χ1) is 15.3. The van der Waals surface area contributed by atoms with Gasteiger partial charge in [-0.2, -0.15) is 0 Å². The van der Waals surface area contributed by atoms with Crippen LogP contribution in [-0.2, 0) is 4.79 Å². The molecular formula is C27H51BrN2OS. The Labute approximate surface area is 214 Å². The minimum Gasteiger partial charge on any atom is -0.357 e. The van der Waals surface area contributed by atoms with E-state index in [4.69, 9.17) is 0 Å². The summed E-state index contributed by atoms with van der Waals surface area (Å²) in [7, 11) is 0. The average molecular weight is 532 g/mol. The molecule has 0 aromatic rings. The summed E-state index contributed by atoms with van der Waals surface area (Å²) in [4.78, 5) is 17.1. The Hall–Kier alpha value is -0.0000000000000000555. The number of Topliss-reactive ketones (excluding diaryl/α,β-unsaturated/α-hetero) is 1. The van der Waals surface area contributed by atoms with Crippen LogP contribution in [0.1, 0.15) is 129 Å². The molecule has 1 fully saturated rings. The van der Waals surface area contributed by atoms with E-state index in [1.807, 2.05) is 11.8 Å². The van der Waals surface area contributed by atoms with E-state index in [9.17, 15) is 4.79 Å². The summed E-state index contributed by atoms with van der Waals surface area (Å²) >= 11 is 2.02. The molecule has 0 aromatic heterocycles. The first-order valence-corrected chi connectivity index (χ1v) is 14.6. The molecule has 0 spiro atoms. The highest BCUT2D eigenvalue weighted by Gasteiger charge is 2.27.